The molecule has 0 radical (unpaired) electrons. The molecule has 2 aromatic heterocycles. The van der Waals surface area contributed by atoms with E-state index in [2.05, 4.69) is 24.8 Å². The highest BCUT2D eigenvalue weighted by Crippen LogP contribution is 2.36. The molecule has 2 saturated heterocycles. The quantitative estimate of drug-likeness (QED) is 0.829. The minimum atomic E-state index is -4.46. The van der Waals surface area contributed by atoms with Crippen LogP contribution in [0.15, 0.2) is 31.0 Å². The van der Waals surface area contributed by atoms with Gasteiger partial charge in [-0.05, 0) is 24.8 Å². The van der Waals surface area contributed by atoms with E-state index in [4.69, 9.17) is 0 Å². The molecule has 2 unspecified atom stereocenters. The van der Waals surface area contributed by atoms with Crippen molar-refractivity contribution < 1.29 is 13.2 Å². The Labute approximate surface area is 142 Å². The van der Waals surface area contributed by atoms with Gasteiger partial charge in [0.1, 0.15) is 30.0 Å². The summed E-state index contributed by atoms with van der Waals surface area (Å²) >= 11 is 0. The third-order valence-corrected chi connectivity index (χ3v) is 4.99. The van der Waals surface area contributed by atoms with Crippen molar-refractivity contribution in [2.75, 3.05) is 29.4 Å². The van der Waals surface area contributed by atoms with E-state index < -0.39 is 11.9 Å². The number of fused-ring (bicyclic) bond motifs is 1. The largest absolute Gasteiger partial charge is 0.433 e. The van der Waals surface area contributed by atoms with Gasteiger partial charge in [-0.2, -0.15) is 13.2 Å². The van der Waals surface area contributed by atoms with Crippen LogP contribution in [0.25, 0.3) is 0 Å². The number of rotatable bonds is 2. The highest BCUT2D eigenvalue weighted by Gasteiger charge is 2.40. The van der Waals surface area contributed by atoms with E-state index in [0.29, 0.717) is 24.8 Å². The Kier molecular flexibility index (Phi) is 3.93. The Morgan fingerprint density at radius 2 is 1.80 bits per heavy atom. The van der Waals surface area contributed by atoms with Crippen LogP contribution >= 0.6 is 0 Å². The molecule has 2 atom stereocenters. The minimum absolute atomic E-state index is 0.125. The van der Waals surface area contributed by atoms with Crippen molar-refractivity contribution >= 4 is 11.6 Å². The van der Waals surface area contributed by atoms with Crippen molar-refractivity contribution in [3.05, 3.63) is 36.7 Å². The van der Waals surface area contributed by atoms with Crippen LogP contribution in [0.2, 0.25) is 0 Å². The van der Waals surface area contributed by atoms with Gasteiger partial charge in [0.05, 0.1) is 6.04 Å². The van der Waals surface area contributed by atoms with E-state index in [-0.39, 0.29) is 6.04 Å². The van der Waals surface area contributed by atoms with Crippen molar-refractivity contribution in [1.82, 2.24) is 19.9 Å². The molecule has 132 valence electrons. The highest BCUT2D eigenvalue weighted by molar-refractivity contribution is 5.46. The number of nitrogens with zero attached hydrogens (tertiary/aromatic N) is 6. The van der Waals surface area contributed by atoms with E-state index in [1.165, 1.54) is 6.33 Å². The lowest BCUT2D eigenvalue weighted by Crippen LogP contribution is -2.48. The molecule has 0 amide bonds. The van der Waals surface area contributed by atoms with Crippen molar-refractivity contribution in [3.63, 3.8) is 0 Å². The second kappa shape index (κ2) is 6.12. The van der Waals surface area contributed by atoms with Gasteiger partial charge in [0.25, 0.3) is 0 Å². The topological polar surface area (TPSA) is 58.0 Å². The number of anilines is 2. The molecule has 25 heavy (non-hydrogen) atoms. The summed E-state index contributed by atoms with van der Waals surface area (Å²) < 4.78 is 38.8. The predicted octanol–water partition coefficient (Wildman–Crippen LogP) is 2.39. The molecule has 2 aromatic rings. The van der Waals surface area contributed by atoms with Gasteiger partial charge in [-0.3, -0.25) is 0 Å². The van der Waals surface area contributed by atoms with Crippen LogP contribution in [0.4, 0.5) is 24.8 Å². The maximum absolute atomic E-state index is 12.9. The van der Waals surface area contributed by atoms with Gasteiger partial charge in [-0.25, -0.2) is 19.9 Å². The predicted molar refractivity (Wildman–Crippen MR) is 85.1 cm³/mol. The van der Waals surface area contributed by atoms with Crippen molar-refractivity contribution in [3.8, 4) is 0 Å². The fraction of sp³-hybridized carbons (Fsp3) is 0.500. The summed E-state index contributed by atoms with van der Waals surface area (Å²) in [6, 6.07) is 3.03. The smallest absolute Gasteiger partial charge is 0.354 e. The molecule has 0 spiro atoms. The van der Waals surface area contributed by atoms with E-state index in [0.717, 1.165) is 37.6 Å². The molecule has 2 aliphatic heterocycles. The van der Waals surface area contributed by atoms with Crippen LogP contribution in [-0.4, -0.2) is 45.6 Å². The normalized spacial score (nSPS) is 23.6. The van der Waals surface area contributed by atoms with Gasteiger partial charge in [0, 0.05) is 31.9 Å². The molecule has 4 heterocycles. The van der Waals surface area contributed by atoms with Crippen molar-refractivity contribution in [2.45, 2.75) is 25.1 Å². The average Bonchev–Trinajstić information content (AvgIpc) is 3.05. The van der Waals surface area contributed by atoms with Crippen LogP contribution in [0, 0.1) is 5.92 Å². The lowest BCUT2D eigenvalue weighted by molar-refractivity contribution is -0.141. The van der Waals surface area contributed by atoms with E-state index >= 15 is 0 Å². The van der Waals surface area contributed by atoms with Crippen LogP contribution < -0.4 is 9.80 Å². The zero-order valence-corrected chi connectivity index (χ0v) is 13.4. The Hall–Kier alpha value is -2.45. The summed E-state index contributed by atoms with van der Waals surface area (Å²) in [5.41, 5.74) is -0.899. The standard InChI is InChI=1S/C16H17F3N6/c17-16(18,19)13-7-15(23-10-21-13)25-6-3-11-2-5-24(8-12(11)25)14-1-4-20-9-22-14/h1,4,7,9-12H,2-3,5-6,8H2. The fourth-order valence-electron chi connectivity index (χ4n) is 3.76. The van der Waals surface area contributed by atoms with Gasteiger partial charge in [0.2, 0.25) is 0 Å². The molecule has 0 bridgehead atoms. The molecule has 0 saturated carbocycles. The number of aromatic nitrogens is 4. The molecule has 0 N–H and O–H groups in total. The molecule has 0 aliphatic carbocycles. The first-order valence-electron chi connectivity index (χ1n) is 8.19. The Bertz CT molecular complexity index is 738. The fourth-order valence-corrected chi connectivity index (χ4v) is 3.76. The number of hydrogen-bond donors (Lipinski definition) is 0. The Balaban J connectivity index is 1.58. The molecular weight excluding hydrogens is 333 g/mol. The zero-order chi connectivity index (χ0) is 17.4. The number of hydrogen-bond acceptors (Lipinski definition) is 6. The summed E-state index contributed by atoms with van der Waals surface area (Å²) in [7, 11) is 0. The Morgan fingerprint density at radius 3 is 2.56 bits per heavy atom. The molecule has 4 rings (SSSR count). The van der Waals surface area contributed by atoms with Crippen molar-refractivity contribution in [2.24, 2.45) is 5.92 Å². The first-order valence-corrected chi connectivity index (χ1v) is 8.19. The van der Waals surface area contributed by atoms with Gasteiger partial charge in [0.15, 0.2) is 0 Å². The van der Waals surface area contributed by atoms with Gasteiger partial charge >= 0.3 is 6.18 Å². The summed E-state index contributed by atoms with van der Waals surface area (Å²) in [4.78, 5) is 19.8. The number of piperidine rings is 1. The van der Waals surface area contributed by atoms with Gasteiger partial charge < -0.3 is 9.80 Å². The molecule has 2 aliphatic rings. The van der Waals surface area contributed by atoms with E-state index in [9.17, 15) is 13.2 Å². The molecule has 9 heteroatoms. The maximum atomic E-state index is 12.9. The van der Waals surface area contributed by atoms with Crippen molar-refractivity contribution in [1.29, 1.82) is 0 Å². The van der Waals surface area contributed by atoms with Gasteiger partial charge in [-0.15, -0.1) is 0 Å². The SMILES string of the molecule is FC(F)(F)c1cc(N2CCC3CCN(c4ccncn4)CC32)ncn1. The third kappa shape index (κ3) is 3.10. The van der Waals surface area contributed by atoms with Crippen LogP contribution in [0.3, 0.4) is 0 Å². The van der Waals surface area contributed by atoms with Gasteiger partial charge in [-0.1, -0.05) is 0 Å². The van der Waals surface area contributed by atoms with Crippen LogP contribution in [0.5, 0.6) is 0 Å². The summed E-state index contributed by atoms with van der Waals surface area (Å²) in [5, 5.41) is 0. The lowest BCUT2D eigenvalue weighted by atomic mass is 9.92. The first kappa shape index (κ1) is 16.0. The molecular formula is C16H17F3N6. The highest BCUT2D eigenvalue weighted by atomic mass is 19.4. The molecule has 0 aromatic carbocycles. The zero-order valence-electron chi connectivity index (χ0n) is 13.4. The van der Waals surface area contributed by atoms with Crippen LogP contribution in [0.1, 0.15) is 18.5 Å². The summed E-state index contributed by atoms with van der Waals surface area (Å²) in [6.07, 6.45) is 1.69. The molecule has 6 nitrogen and oxygen atoms in total. The second-order valence-electron chi connectivity index (χ2n) is 6.37. The summed E-state index contributed by atoms with van der Waals surface area (Å²) in [5.74, 6) is 1.65. The number of alkyl halides is 3. The van der Waals surface area contributed by atoms with Crippen LogP contribution in [-0.2, 0) is 6.18 Å². The lowest BCUT2D eigenvalue weighted by Gasteiger charge is -2.39. The minimum Gasteiger partial charge on any atom is -0.354 e. The maximum Gasteiger partial charge on any atom is 0.433 e. The van der Waals surface area contributed by atoms with E-state index in [1.807, 2.05) is 11.0 Å². The summed E-state index contributed by atoms with van der Waals surface area (Å²) in [6.45, 7) is 2.32. The van der Waals surface area contributed by atoms with E-state index in [1.54, 1.807) is 6.20 Å². The number of halogens is 3. The second-order valence-corrected chi connectivity index (χ2v) is 6.37. The Morgan fingerprint density at radius 1 is 1.00 bits per heavy atom. The third-order valence-electron chi connectivity index (χ3n) is 4.99. The molecule has 2 fully saturated rings. The average molecular weight is 350 g/mol. The monoisotopic (exact) mass is 350 g/mol. The first-order chi connectivity index (χ1) is 12.0.